The van der Waals surface area contributed by atoms with Crippen molar-refractivity contribution >= 4 is 11.9 Å². The van der Waals surface area contributed by atoms with Crippen LogP contribution in [0, 0.1) is 5.82 Å². The van der Waals surface area contributed by atoms with Crippen LogP contribution >= 0.6 is 0 Å². The Kier molecular flexibility index (Phi) is 8.83. The maximum atomic E-state index is 13.6. The highest BCUT2D eigenvalue weighted by Crippen LogP contribution is 2.06. The van der Waals surface area contributed by atoms with Crippen LogP contribution in [-0.2, 0) is 9.47 Å². The van der Waals surface area contributed by atoms with Crippen LogP contribution in [-0.4, -0.2) is 38.8 Å². The summed E-state index contributed by atoms with van der Waals surface area (Å²) >= 11 is 0. The number of carbonyl (C=O) groups is 1. The molecular weight excluding hydrogens is 287 g/mol. The van der Waals surface area contributed by atoms with Gasteiger partial charge in [-0.3, -0.25) is 10.1 Å². The molecule has 0 saturated carbocycles. The van der Waals surface area contributed by atoms with E-state index in [-0.39, 0.29) is 18.2 Å². The number of rotatable bonds is 8. The van der Waals surface area contributed by atoms with Gasteiger partial charge in [0, 0.05) is 13.7 Å². The van der Waals surface area contributed by atoms with Crippen LogP contribution in [0.1, 0.15) is 36.5 Å². The van der Waals surface area contributed by atoms with Crippen molar-refractivity contribution in [2.24, 2.45) is 4.99 Å². The molecule has 1 aromatic rings. The van der Waals surface area contributed by atoms with E-state index in [1.807, 2.05) is 0 Å². The number of hydrogen-bond donors (Lipinski definition) is 1. The highest BCUT2D eigenvalue weighted by Gasteiger charge is 2.13. The number of amidine groups is 1. The number of aliphatic imine (C=N–C) groups is 1. The third-order valence-corrected chi connectivity index (χ3v) is 2.88. The summed E-state index contributed by atoms with van der Waals surface area (Å²) in [6.07, 6.45) is 3.04. The van der Waals surface area contributed by atoms with E-state index in [4.69, 9.17) is 9.47 Å². The van der Waals surface area contributed by atoms with Crippen molar-refractivity contribution in [3.63, 3.8) is 0 Å². The van der Waals surface area contributed by atoms with Gasteiger partial charge in [-0.1, -0.05) is 31.9 Å². The number of benzene rings is 1. The molecular formula is C16H23FN2O3. The van der Waals surface area contributed by atoms with E-state index in [1.165, 1.54) is 18.2 Å². The van der Waals surface area contributed by atoms with Crippen molar-refractivity contribution in [3.05, 3.63) is 35.6 Å². The Morgan fingerprint density at radius 2 is 2.05 bits per heavy atom. The Labute approximate surface area is 130 Å². The topological polar surface area (TPSA) is 59.9 Å². The smallest absolute Gasteiger partial charge is 0.291 e. The molecule has 0 unspecified atom stereocenters. The fourth-order valence-corrected chi connectivity index (χ4v) is 1.70. The molecule has 0 bridgehead atoms. The van der Waals surface area contributed by atoms with Crippen LogP contribution in [0.15, 0.2) is 29.3 Å². The highest BCUT2D eigenvalue weighted by atomic mass is 19.1. The number of carbonyl (C=O) groups excluding carboxylic acids is 1. The fraction of sp³-hybridized carbons (Fsp3) is 0.500. The minimum absolute atomic E-state index is 0.0425. The number of nitrogens with one attached hydrogen (secondary N) is 1. The van der Waals surface area contributed by atoms with Crippen LogP contribution in [0.3, 0.4) is 0 Å². The van der Waals surface area contributed by atoms with E-state index in [0.29, 0.717) is 13.2 Å². The second-order valence-corrected chi connectivity index (χ2v) is 4.67. The average Bonchev–Trinajstić information content (AvgIpc) is 2.51. The van der Waals surface area contributed by atoms with Gasteiger partial charge in [-0.2, -0.15) is 0 Å². The number of unbranched alkanes of at least 4 members (excludes halogenated alkanes) is 2. The van der Waals surface area contributed by atoms with E-state index in [9.17, 15) is 9.18 Å². The maximum Gasteiger partial charge on any atom is 0.291 e. The van der Waals surface area contributed by atoms with Crippen molar-refractivity contribution < 1.29 is 18.7 Å². The summed E-state index contributed by atoms with van der Waals surface area (Å²) in [5.41, 5.74) is -0.0425. The zero-order valence-electron chi connectivity index (χ0n) is 13.1. The van der Waals surface area contributed by atoms with E-state index in [0.717, 1.165) is 19.3 Å². The summed E-state index contributed by atoms with van der Waals surface area (Å²) in [5.74, 6) is -1.16. The van der Waals surface area contributed by atoms with Gasteiger partial charge in [-0.05, 0) is 18.6 Å². The first-order chi connectivity index (χ1) is 10.7. The van der Waals surface area contributed by atoms with Gasteiger partial charge in [0.1, 0.15) is 12.4 Å². The number of nitrogens with zero attached hydrogens (tertiary/aromatic N) is 1. The zero-order chi connectivity index (χ0) is 16.2. The van der Waals surface area contributed by atoms with Gasteiger partial charge in [0.15, 0.2) is 0 Å². The quantitative estimate of drug-likeness (QED) is 0.456. The third kappa shape index (κ3) is 6.67. The summed E-state index contributed by atoms with van der Waals surface area (Å²) in [4.78, 5) is 16.3. The van der Waals surface area contributed by atoms with Crippen LogP contribution in [0.2, 0.25) is 0 Å². The molecule has 0 heterocycles. The van der Waals surface area contributed by atoms with E-state index in [2.05, 4.69) is 17.2 Å². The molecule has 0 atom stereocenters. The van der Waals surface area contributed by atoms with Gasteiger partial charge in [0.25, 0.3) is 11.9 Å². The molecule has 0 radical (unpaired) electrons. The van der Waals surface area contributed by atoms with Crippen molar-refractivity contribution in [1.29, 1.82) is 0 Å². The lowest BCUT2D eigenvalue weighted by Gasteiger charge is -2.11. The average molecular weight is 310 g/mol. The monoisotopic (exact) mass is 310 g/mol. The first-order valence-electron chi connectivity index (χ1n) is 7.41. The van der Waals surface area contributed by atoms with Gasteiger partial charge in [-0.25, -0.2) is 9.38 Å². The zero-order valence-corrected chi connectivity index (χ0v) is 13.1. The van der Waals surface area contributed by atoms with Gasteiger partial charge in [0.05, 0.1) is 12.2 Å². The van der Waals surface area contributed by atoms with Gasteiger partial charge < -0.3 is 9.47 Å². The summed E-state index contributed by atoms with van der Waals surface area (Å²) in [6.45, 7) is 3.29. The molecule has 1 aromatic carbocycles. The lowest BCUT2D eigenvalue weighted by atomic mass is 10.2. The van der Waals surface area contributed by atoms with Gasteiger partial charge in [0.2, 0.25) is 0 Å². The van der Waals surface area contributed by atoms with Crippen LogP contribution in [0.4, 0.5) is 4.39 Å². The minimum atomic E-state index is -0.581. The first kappa shape index (κ1) is 18.1. The number of halogens is 1. The Balaban J connectivity index is 2.65. The first-order valence-corrected chi connectivity index (χ1v) is 7.41. The normalized spacial score (nSPS) is 11.3. The number of ether oxygens (including phenoxy) is 2. The number of hydrogen-bond acceptors (Lipinski definition) is 4. The molecule has 0 spiro atoms. The van der Waals surface area contributed by atoms with E-state index < -0.39 is 11.7 Å². The molecule has 1 N–H and O–H groups in total. The molecule has 0 aliphatic rings. The summed E-state index contributed by atoms with van der Waals surface area (Å²) in [7, 11) is 1.55. The second-order valence-electron chi connectivity index (χ2n) is 4.67. The summed E-state index contributed by atoms with van der Waals surface area (Å²) in [5, 5.41) is 2.50. The van der Waals surface area contributed by atoms with Crippen molar-refractivity contribution in [3.8, 4) is 0 Å². The Morgan fingerprint density at radius 3 is 2.73 bits per heavy atom. The van der Waals surface area contributed by atoms with Crippen LogP contribution in [0.5, 0.6) is 0 Å². The Bertz CT molecular complexity index is 492. The lowest BCUT2D eigenvalue weighted by molar-refractivity contribution is 0.0950. The van der Waals surface area contributed by atoms with E-state index in [1.54, 1.807) is 13.2 Å². The minimum Gasteiger partial charge on any atom is -0.463 e. The predicted molar refractivity (Wildman–Crippen MR) is 83.5 cm³/mol. The van der Waals surface area contributed by atoms with Crippen molar-refractivity contribution in [2.75, 3.05) is 26.9 Å². The van der Waals surface area contributed by atoms with E-state index >= 15 is 0 Å². The van der Waals surface area contributed by atoms with Gasteiger partial charge >= 0.3 is 0 Å². The lowest BCUT2D eigenvalue weighted by Crippen LogP contribution is -2.34. The molecule has 0 saturated heterocycles. The molecule has 122 valence electrons. The number of amides is 1. The largest absolute Gasteiger partial charge is 0.463 e. The molecule has 5 nitrogen and oxygen atoms in total. The molecule has 1 rings (SSSR count). The number of methoxy groups -OCH3 is 1. The summed E-state index contributed by atoms with van der Waals surface area (Å²) < 4.78 is 23.8. The van der Waals surface area contributed by atoms with Crippen LogP contribution < -0.4 is 5.32 Å². The second kappa shape index (κ2) is 10.7. The SMILES string of the molecule is CCCCCN=C(NC(=O)c1ccccc1F)OCCOC. The Morgan fingerprint density at radius 1 is 1.27 bits per heavy atom. The Hall–Kier alpha value is -1.95. The highest BCUT2D eigenvalue weighted by molar-refractivity contribution is 6.04. The molecule has 6 heteroatoms. The maximum absolute atomic E-state index is 13.6. The summed E-state index contributed by atoms with van der Waals surface area (Å²) in [6, 6.07) is 5.87. The standard InChI is InChI=1S/C16H23FN2O3/c1-3-4-7-10-18-16(22-12-11-21-2)19-15(20)13-8-5-6-9-14(13)17/h5-6,8-9H,3-4,7,10-12H2,1-2H3,(H,18,19,20). The molecule has 0 fully saturated rings. The molecule has 0 aromatic heterocycles. The molecule has 1 amide bonds. The predicted octanol–water partition coefficient (Wildman–Crippen LogP) is 2.76. The van der Waals surface area contributed by atoms with Crippen LogP contribution in [0.25, 0.3) is 0 Å². The molecule has 0 aliphatic carbocycles. The molecule has 0 aliphatic heterocycles. The molecule has 22 heavy (non-hydrogen) atoms. The van der Waals surface area contributed by atoms with Crippen molar-refractivity contribution in [2.45, 2.75) is 26.2 Å². The van der Waals surface area contributed by atoms with Gasteiger partial charge in [-0.15, -0.1) is 0 Å². The third-order valence-electron chi connectivity index (χ3n) is 2.88. The van der Waals surface area contributed by atoms with Crippen molar-refractivity contribution in [1.82, 2.24) is 5.32 Å². The fourth-order valence-electron chi connectivity index (χ4n) is 1.70.